The van der Waals surface area contributed by atoms with Crippen molar-refractivity contribution >= 4 is 11.9 Å². The molecule has 1 amide bonds. The van der Waals surface area contributed by atoms with Gasteiger partial charge in [-0.3, -0.25) is 9.59 Å². The molecular formula is C73H141NO5. The second-order valence-corrected chi connectivity index (χ2v) is 24.9. The van der Waals surface area contributed by atoms with E-state index in [4.69, 9.17) is 4.74 Å². The molecule has 2 unspecified atom stereocenters. The molecule has 0 rings (SSSR count). The van der Waals surface area contributed by atoms with Crippen LogP contribution in [0.1, 0.15) is 406 Å². The summed E-state index contributed by atoms with van der Waals surface area (Å²) < 4.78 is 5.51. The van der Waals surface area contributed by atoms with E-state index in [1.165, 1.54) is 321 Å². The van der Waals surface area contributed by atoms with Crippen molar-refractivity contribution in [1.82, 2.24) is 5.32 Å². The van der Waals surface area contributed by atoms with Crippen molar-refractivity contribution in [3.63, 3.8) is 0 Å². The van der Waals surface area contributed by atoms with Crippen molar-refractivity contribution in [1.29, 1.82) is 0 Å². The van der Waals surface area contributed by atoms with Crippen LogP contribution in [0.4, 0.5) is 0 Å². The Hall–Kier alpha value is -1.66. The number of carbonyl (C=O) groups excluding carboxylic acids is 2. The number of esters is 1. The molecule has 0 aliphatic rings. The van der Waals surface area contributed by atoms with Crippen molar-refractivity contribution in [2.75, 3.05) is 13.2 Å². The molecule has 2 atom stereocenters. The van der Waals surface area contributed by atoms with Gasteiger partial charge in [0.2, 0.25) is 5.91 Å². The lowest BCUT2D eigenvalue weighted by Crippen LogP contribution is -2.45. The summed E-state index contributed by atoms with van der Waals surface area (Å²) >= 11 is 0. The van der Waals surface area contributed by atoms with Gasteiger partial charge in [0.05, 0.1) is 25.4 Å². The average Bonchev–Trinajstić information content (AvgIpc) is 3.45. The van der Waals surface area contributed by atoms with Gasteiger partial charge in [0.1, 0.15) is 0 Å². The molecule has 468 valence electrons. The number of hydrogen-bond acceptors (Lipinski definition) is 5. The number of amides is 1. The maximum atomic E-state index is 12.5. The topological polar surface area (TPSA) is 95.9 Å². The van der Waals surface area contributed by atoms with Crippen LogP contribution < -0.4 is 5.32 Å². The third-order valence-corrected chi connectivity index (χ3v) is 17.0. The second-order valence-electron chi connectivity index (χ2n) is 24.9. The number of rotatable bonds is 68. The summed E-state index contributed by atoms with van der Waals surface area (Å²) in [6.07, 6.45) is 86.6. The van der Waals surface area contributed by atoms with Crippen molar-refractivity contribution in [2.45, 2.75) is 418 Å². The van der Waals surface area contributed by atoms with Gasteiger partial charge in [-0.2, -0.15) is 0 Å². The third-order valence-electron chi connectivity index (χ3n) is 17.0. The highest BCUT2D eigenvalue weighted by atomic mass is 16.5. The monoisotopic (exact) mass is 1110 g/mol. The van der Waals surface area contributed by atoms with Gasteiger partial charge >= 0.3 is 5.97 Å². The van der Waals surface area contributed by atoms with E-state index in [1.54, 1.807) is 0 Å². The first-order valence-corrected chi connectivity index (χ1v) is 36.1. The normalized spacial score (nSPS) is 12.6. The van der Waals surface area contributed by atoms with E-state index in [1.807, 2.05) is 0 Å². The van der Waals surface area contributed by atoms with E-state index in [9.17, 15) is 19.8 Å². The summed E-state index contributed by atoms with van der Waals surface area (Å²) in [6.45, 7) is 4.97. The van der Waals surface area contributed by atoms with Gasteiger partial charge in [-0.15, -0.1) is 0 Å². The van der Waals surface area contributed by atoms with E-state index in [0.29, 0.717) is 25.9 Å². The van der Waals surface area contributed by atoms with E-state index in [-0.39, 0.29) is 18.5 Å². The summed E-state index contributed by atoms with van der Waals surface area (Å²) in [5.41, 5.74) is 0. The summed E-state index contributed by atoms with van der Waals surface area (Å²) in [4.78, 5) is 24.6. The minimum absolute atomic E-state index is 0.0151. The molecule has 0 saturated heterocycles. The first-order valence-electron chi connectivity index (χ1n) is 36.1. The van der Waals surface area contributed by atoms with Gasteiger partial charge in [0.25, 0.3) is 0 Å². The van der Waals surface area contributed by atoms with Gasteiger partial charge in [-0.1, -0.05) is 359 Å². The number of allylic oxidation sites excluding steroid dienone is 4. The van der Waals surface area contributed by atoms with Crippen LogP contribution in [0.2, 0.25) is 0 Å². The second kappa shape index (κ2) is 68.8. The predicted octanol–water partition coefficient (Wildman–Crippen LogP) is 23.3. The van der Waals surface area contributed by atoms with Crippen LogP contribution in [0.3, 0.4) is 0 Å². The Morgan fingerprint density at radius 2 is 0.633 bits per heavy atom. The van der Waals surface area contributed by atoms with E-state index < -0.39 is 12.1 Å². The molecule has 0 heterocycles. The molecule has 0 aromatic carbocycles. The first-order chi connectivity index (χ1) is 39.0. The molecule has 0 fully saturated rings. The average molecular weight is 1110 g/mol. The molecular weight excluding hydrogens is 971 g/mol. The molecule has 0 spiro atoms. The van der Waals surface area contributed by atoms with Crippen LogP contribution >= 0.6 is 0 Å². The fourth-order valence-electron chi connectivity index (χ4n) is 11.5. The third kappa shape index (κ3) is 65.4. The molecule has 6 nitrogen and oxygen atoms in total. The standard InChI is InChI=1S/C73H141NO5/c1-3-5-7-9-11-13-15-17-19-21-31-35-39-43-47-51-55-59-63-67-73(78)79-68-64-60-56-52-48-44-40-36-33-30-28-26-24-22-23-25-27-29-32-34-38-42-46-50-54-58-62-66-72(77)74-70(69-75)71(76)65-61-57-53-49-45-41-37-20-18-16-14-12-10-8-6-4-2/h11,13,17,19,70-71,75-76H,3-10,12,14-16,18,20-69H2,1-2H3,(H,74,77)/b13-11-,19-17-. The van der Waals surface area contributed by atoms with Crippen LogP contribution in [0, 0.1) is 0 Å². The lowest BCUT2D eigenvalue weighted by Gasteiger charge is -2.22. The maximum absolute atomic E-state index is 12.5. The Kier molecular flexibility index (Phi) is 67.4. The van der Waals surface area contributed by atoms with Gasteiger partial charge in [-0.05, 0) is 57.8 Å². The van der Waals surface area contributed by atoms with E-state index in [2.05, 4.69) is 43.5 Å². The summed E-state index contributed by atoms with van der Waals surface area (Å²) in [5.74, 6) is -0.0137. The molecule has 0 saturated carbocycles. The van der Waals surface area contributed by atoms with E-state index in [0.717, 1.165) is 51.4 Å². The smallest absolute Gasteiger partial charge is 0.305 e. The maximum Gasteiger partial charge on any atom is 0.305 e. The Balaban J connectivity index is 3.33. The van der Waals surface area contributed by atoms with Crippen LogP contribution in [-0.2, 0) is 14.3 Å². The van der Waals surface area contributed by atoms with Gasteiger partial charge < -0.3 is 20.3 Å². The van der Waals surface area contributed by atoms with E-state index >= 15 is 0 Å². The SMILES string of the molecule is CCCCC/C=C\C/C=C\CCCCCCCCCCCC(=O)OCCCCCCCCCCCCCCCCCCCCCCCCCCCCCC(=O)NC(CO)C(O)CCCCCCCCCCCCCCCCCC. The highest BCUT2D eigenvalue weighted by molar-refractivity contribution is 5.76. The van der Waals surface area contributed by atoms with Crippen molar-refractivity contribution in [3.05, 3.63) is 24.3 Å². The zero-order valence-electron chi connectivity index (χ0n) is 53.6. The summed E-state index contributed by atoms with van der Waals surface area (Å²) in [5, 5.41) is 23.4. The summed E-state index contributed by atoms with van der Waals surface area (Å²) in [6, 6.07) is -0.539. The minimum atomic E-state index is -0.662. The zero-order chi connectivity index (χ0) is 57.1. The Labute approximate surface area is 494 Å². The highest BCUT2D eigenvalue weighted by Crippen LogP contribution is 2.19. The molecule has 0 aromatic rings. The van der Waals surface area contributed by atoms with Crippen LogP contribution in [0.25, 0.3) is 0 Å². The molecule has 0 radical (unpaired) electrons. The Morgan fingerprint density at radius 3 is 0.987 bits per heavy atom. The molecule has 3 N–H and O–H groups in total. The quantitative estimate of drug-likeness (QED) is 0.0320. The lowest BCUT2D eigenvalue weighted by molar-refractivity contribution is -0.143. The lowest BCUT2D eigenvalue weighted by atomic mass is 10.0. The van der Waals surface area contributed by atoms with Crippen LogP contribution in [0.15, 0.2) is 24.3 Å². The fourth-order valence-corrected chi connectivity index (χ4v) is 11.5. The number of carbonyl (C=O) groups is 2. The number of hydrogen-bond donors (Lipinski definition) is 3. The molecule has 0 bridgehead atoms. The fraction of sp³-hybridized carbons (Fsp3) is 0.918. The molecule has 0 aromatic heterocycles. The van der Waals surface area contributed by atoms with Crippen molar-refractivity contribution in [3.8, 4) is 0 Å². The zero-order valence-corrected chi connectivity index (χ0v) is 53.6. The highest BCUT2D eigenvalue weighted by Gasteiger charge is 2.20. The van der Waals surface area contributed by atoms with Gasteiger partial charge in [0, 0.05) is 12.8 Å². The summed E-state index contributed by atoms with van der Waals surface area (Å²) in [7, 11) is 0. The number of ether oxygens (including phenoxy) is 1. The van der Waals surface area contributed by atoms with Crippen molar-refractivity contribution in [2.24, 2.45) is 0 Å². The largest absolute Gasteiger partial charge is 0.466 e. The first kappa shape index (κ1) is 77.3. The number of aliphatic hydroxyl groups excluding tert-OH is 2. The van der Waals surface area contributed by atoms with Crippen LogP contribution in [0.5, 0.6) is 0 Å². The van der Waals surface area contributed by atoms with Gasteiger partial charge in [-0.25, -0.2) is 0 Å². The minimum Gasteiger partial charge on any atom is -0.466 e. The molecule has 0 aliphatic carbocycles. The predicted molar refractivity (Wildman–Crippen MR) is 347 cm³/mol. The molecule has 79 heavy (non-hydrogen) atoms. The number of nitrogens with one attached hydrogen (secondary N) is 1. The van der Waals surface area contributed by atoms with Crippen LogP contribution in [-0.4, -0.2) is 47.4 Å². The molecule has 6 heteroatoms. The number of aliphatic hydroxyl groups is 2. The Morgan fingerprint density at radius 1 is 0.354 bits per heavy atom. The molecule has 0 aliphatic heterocycles. The van der Waals surface area contributed by atoms with Gasteiger partial charge in [0.15, 0.2) is 0 Å². The Bertz CT molecular complexity index is 1230. The van der Waals surface area contributed by atoms with Crippen molar-refractivity contribution < 1.29 is 24.5 Å². The number of unbranched alkanes of at least 4 members (excludes halogenated alkanes) is 53.